The number of rotatable bonds is 16. The van der Waals surface area contributed by atoms with Crippen LogP contribution in [0.2, 0.25) is 0 Å². The predicted octanol–water partition coefficient (Wildman–Crippen LogP) is 3.55. The molecule has 0 rings (SSSR count). The summed E-state index contributed by atoms with van der Waals surface area (Å²) in [6.45, 7) is 10.5. The Labute approximate surface area is 176 Å². The molecule has 0 saturated heterocycles. The second-order valence-electron chi connectivity index (χ2n) is 7.18. The molecule has 0 atom stereocenters. The number of amides is 1. The Morgan fingerprint density at radius 3 is 1.97 bits per heavy atom. The molecule has 0 aliphatic rings. The van der Waals surface area contributed by atoms with E-state index in [1.54, 1.807) is 6.92 Å². The van der Waals surface area contributed by atoms with Gasteiger partial charge in [0.2, 0.25) is 5.91 Å². The summed E-state index contributed by atoms with van der Waals surface area (Å²) in [4.78, 5) is 33.8. The minimum Gasteiger partial charge on any atom is -0.481 e. The lowest BCUT2D eigenvalue weighted by molar-refractivity contribution is -0.138. The van der Waals surface area contributed by atoms with Crippen LogP contribution in [0.4, 0.5) is 0 Å². The van der Waals surface area contributed by atoms with Crippen LogP contribution in [0.5, 0.6) is 0 Å². The minimum absolute atomic E-state index is 0.0570. The Kier molecular flexibility index (Phi) is 20.6. The van der Waals surface area contributed by atoms with Crippen LogP contribution in [0.15, 0.2) is 24.8 Å². The van der Waals surface area contributed by atoms with E-state index >= 15 is 0 Å². The quantitative estimate of drug-likeness (QED) is 0.229. The van der Waals surface area contributed by atoms with Gasteiger partial charge < -0.3 is 20.1 Å². The van der Waals surface area contributed by atoms with E-state index in [4.69, 9.17) is 9.84 Å². The number of carboxylic acid groups (broad SMARTS) is 1. The number of carboxylic acids is 1. The van der Waals surface area contributed by atoms with Crippen LogP contribution in [0, 0.1) is 0 Å². The Morgan fingerprint density at radius 1 is 1.00 bits per heavy atom. The van der Waals surface area contributed by atoms with Gasteiger partial charge in [0.15, 0.2) is 0 Å². The molecule has 0 heterocycles. The Hall–Kier alpha value is -2.15. The van der Waals surface area contributed by atoms with Crippen LogP contribution < -0.4 is 5.32 Å². The number of aliphatic carboxylic acids is 1. The van der Waals surface area contributed by atoms with Crippen molar-refractivity contribution in [3.63, 3.8) is 0 Å². The molecule has 0 unspecified atom stereocenters. The minimum atomic E-state index is -0.697. The monoisotopic (exact) mass is 412 g/mol. The highest BCUT2D eigenvalue weighted by atomic mass is 16.5. The molecule has 0 fully saturated rings. The van der Waals surface area contributed by atoms with E-state index in [0.717, 1.165) is 51.3 Å². The fourth-order valence-electron chi connectivity index (χ4n) is 2.20. The van der Waals surface area contributed by atoms with Crippen molar-refractivity contribution in [1.82, 2.24) is 10.2 Å². The summed E-state index contributed by atoms with van der Waals surface area (Å²) in [6, 6.07) is 0. The molecule has 2 N–H and O–H groups in total. The average molecular weight is 413 g/mol. The third-order valence-corrected chi connectivity index (χ3v) is 3.94. The van der Waals surface area contributed by atoms with Gasteiger partial charge in [-0.3, -0.25) is 9.59 Å². The number of ether oxygens (including phenoxy) is 1. The van der Waals surface area contributed by atoms with Gasteiger partial charge in [-0.05, 0) is 33.9 Å². The van der Waals surface area contributed by atoms with E-state index < -0.39 is 5.97 Å². The Bertz CT molecular complexity index is 490. The summed E-state index contributed by atoms with van der Waals surface area (Å²) in [5.74, 6) is -1.11. The highest BCUT2D eigenvalue weighted by molar-refractivity contribution is 5.92. The smallest absolute Gasteiger partial charge is 0.330 e. The van der Waals surface area contributed by atoms with Crippen LogP contribution in [0.25, 0.3) is 0 Å². The normalized spacial score (nSPS) is 9.93. The van der Waals surface area contributed by atoms with Crippen molar-refractivity contribution >= 4 is 17.8 Å². The summed E-state index contributed by atoms with van der Waals surface area (Å²) in [7, 11) is 3.84. The van der Waals surface area contributed by atoms with Crippen molar-refractivity contribution in [2.45, 2.75) is 64.7 Å². The van der Waals surface area contributed by atoms with E-state index in [2.05, 4.69) is 18.5 Å². The van der Waals surface area contributed by atoms with E-state index in [0.29, 0.717) is 18.6 Å². The lowest BCUT2D eigenvalue weighted by atomic mass is 10.1. The second-order valence-corrected chi connectivity index (χ2v) is 7.18. The predicted molar refractivity (Wildman–Crippen MR) is 117 cm³/mol. The lowest BCUT2D eigenvalue weighted by Gasteiger charge is -2.07. The number of hydrogen-bond acceptors (Lipinski definition) is 5. The Balaban J connectivity index is 0. The topological polar surface area (TPSA) is 95.9 Å². The third-order valence-electron chi connectivity index (χ3n) is 3.94. The molecule has 7 heteroatoms. The number of hydrogen-bond donors (Lipinski definition) is 2. The summed E-state index contributed by atoms with van der Waals surface area (Å²) in [5, 5.41) is 11.3. The van der Waals surface area contributed by atoms with Gasteiger partial charge >= 0.3 is 11.9 Å². The maximum atomic E-state index is 11.2. The van der Waals surface area contributed by atoms with Gasteiger partial charge in [0.1, 0.15) is 6.61 Å². The zero-order valence-electron chi connectivity index (χ0n) is 18.5. The van der Waals surface area contributed by atoms with Gasteiger partial charge in [-0.1, -0.05) is 51.7 Å². The molecule has 0 bridgehead atoms. The van der Waals surface area contributed by atoms with E-state index in [1.807, 2.05) is 19.0 Å². The number of nitrogens with one attached hydrogen (secondary N) is 1. The first kappa shape index (κ1) is 29.1. The lowest BCUT2D eigenvalue weighted by Crippen LogP contribution is -2.24. The SMILES string of the molecule is C=C(C)C(=O)NCCCCCCCCCCC(=O)O.C=CC(=O)OCCN(C)C. The number of unbranched alkanes of at least 4 members (excludes halogenated alkanes) is 7. The summed E-state index contributed by atoms with van der Waals surface area (Å²) < 4.78 is 4.70. The first-order chi connectivity index (χ1) is 13.7. The molecular formula is C22H40N2O5. The number of likely N-dealkylation sites (N-methyl/N-ethyl adjacent to an activating group) is 1. The van der Waals surface area contributed by atoms with Crippen molar-refractivity contribution in [2.75, 3.05) is 33.8 Å². The van der Waals surface area contributed by atoms with Gasteiger partial charge in [-0.15, -0.1) is 0 Å². The molecule has 7 nitrogen and oxygen atoms in total. The number of carbonyl (C=O) groups is 3. The molecule has 0 aromatic heterocycles. The van der Waals surface area contributed by atoms with Gasteiger partial charge in [0.25, 0.3) is 0 Å². The van der Waals surface area contributed by atoms with Crippen molar-refractivity contribution < 1.29 is 24.2 Å². The summed E-state index contributed by atoms with van der Waals surface area (Å²) in [6.07, 6.45) is 10.1. The van der Waals surface area contributed by atoms with Crippen LogP contribution in [0.1, 0.15) is 64.7 Å². The van der Waals surface area contributed by atoms with Gasteiger partial charge in [0.05, 0.1) is 0 Å². The third kappa shape index (κ3) is 25.8. The van der Waals surface area contributed by atoms with Crippen molar-refractivity contribution in [3.8, 4) is 0 Å². The highest BCUT2D eigenvalue weighted by Crippen LogP contribution is 2.09. The molecule has 1 amide bonds. The van der Waals surface area contributed by atoms with Gasteiger partial charge in [0, 0.05) is 31.2 Å². The standard InChI is InChI=1S/C15H27NO3.C7H13NO2/c1-13(2)15(19)16-12-10-8-6-4-3-5-7-9-11-14(17)18;1-4-7(9)10-6-5-8(2)3/h1,3-12H2,2H3,(H,16,19)(H,17,18);4H,1,5-6H2,2-3H3. The average Bonchev–Trinajstić information content (AvgIpc) is 2.65. The van der Waals surface area contributed by atoms with Crippen LogP contribution in [-0.4, -0.2) is 61.6 Å². The molecular weight excluding hydrogens is 372 g/mol. The molecule has 0 aromatic rings. The zero-order valence-corrected chi connectivity index (χ0v) is 18.5. The molecule has 0 aliphatic heterocycles. The summed E-state index contributed by atoms with van der Waals surface area (Å²) >= 11 is 0. The molecule has 0 aliphatic carbocycles. The number of esters is 1. The van der Waals surface area contributed by atoms with E-state index in [1.165, 1.54) is 19.3 Å². The van der Waals surface area contributed by atoms with Crippen molar-refractivity contribution in [1.29, 1.82) is 0 Å². The first-order valence-electron chi connectivity index (χ1n) is 10.3. The fraction of sp³-hybridized carbons (Fsp3) is 0.682. The molecule has 0 saturated carbocycles. The summed E-state index contributed by atoms with van der Waals surface area (Å²) in [5.41, 5.74) is 0.557. The maximum absolute atomic E-state index is 11.2. The molecule has 29 heavy (non-hydrogen) atoms. The van der Waals surface area contributed by atoms with Gasteiger partial charge in [-0.25, -0.2) is 4.79 Å². The van der Waals surface area contributed by atoms with Crippen molar-refractivity contribution in [3.05, 3.63) is 24.8 Å². The number of carbonyl (C=O) groups excluding carboxylic acids is 2. The second kappa shape index (κ2) is 20.6. The van der Waals surface area contributed by atoms with E-state index in [9.17, 15) is 14.4 Å². The molecule has 0 spiro atoms. The van der Waals surface area contributed by atoms with E-state index in [-0.39, 0.29) is 11.9 Å². The van der Waals surface area contributed by atoms with Gasteiger partial charge in [-0.2, -0.15) is 0 Å². The zero-order chi connectivity index (χ0) is 22.5. The van der Waals surface area contributed by atoms with Crippen molar-refractivity contribution in [2.24, 2.45) is 0 Å². The fourth-order valence-corrected chi connectivity index (χ4v) is 2.20. The van der Waals surface area contributed by atoms with Crippen LogP contribution in [-0.2, 0) is 19.1 Å². The highest BCUT2D eigenvalue weighted by Gasteiger charge is 2.00. The Morgan fingerprint density at radius 2 is 1.52 bits per heavy atom. The molecule has 0 radical (unpaired) electrons. The van der Waals surface area contributed by atoms with Crippen LogP contribution in [0.3, 0.4) is 0 Å². The van der Waals surface area contributed by atoms with Crippen LogP contribution >= 0.6 is 0 Å². The molecule has 168 valence electrons. The first-order valence-corrected chi connectivity index (χ1v) is 10.3. The largest absolute Gasteiger partial charge is 0.481 e. The molecule has 0 aromatic carbocycles. The maximum Gasteiger partial charge on any atom is 0.330 e. The number of nitrogens with zero attached hydrogens (tertiary/aromatic N) is 1.